The highest BCUT2D eigenvalue weighted by molar-refractivity contribution is 6.22. The number of benzene rings is 9. The smallest absolute Gasteiger partial charge is 0.136 e. The van der Waals surface area contributed by atoms with Gasteiger partial charge in [0.2, 0.25) is 0 Å². The summed E-state index contributed by atoms with van der Waals surface area (Å²) in [5, 5.41) is 10.3. The predicted octanol–water partition coefficient (Wildman–Crippen LogP) is 16.2. The molecular formula is C59H44O. The highest BCUT2D eigenvalue weighted by Crippen LogP contribution is 2.64. The van der Waals surface area contributed by atoms with E-state index in [1.165, 1.54) is 103 Å². The molecule has 0 radical (unpaired) electrons. The Morgan fingerprint density at radius 1 is 0.350 bits per heavy atom. The Labute approximate surface area is 350 Å². The number of para-hydroxylation sites is 1. The third-order valence-corrected chi connectivity index (χ3v) is 15.7. The Morgan fingerprint density at radius 3 is 1.58 bits per heavy atom. The minimum absolute atomic E-state index is 0.489. The lowest BCUT2D eigenvalue weighted by atomic mass is 9.49. The van der Waals surface area contributed by atoms with E-state index in [1.54, 1.807) is 11.1 Å². The zero-order valence-corrected chi connectivity index (χ0v) is 33.6. The van der Waals surface area contributed by atoms with Crippen LogP contribution in [0.25, 0.3) is 98.8 Å². The standard InChI is InChI=1S/C59H44O/c1-2-10-43-37(9-1)21-26-51-58(43)52-32-40(23-25-50(52)59(51)55-41-28-34-27-35(30-41)31-42(55)29-34)57-48-14-5-3-12-46(48)56(47-13-4-6-15-49(47)57)38-19-17-36(18-20-38)39-22-24-45-44-11-7-8-16-53(44)60-54(45)33-39/h1-26,32-35,41-42,55,59H,27-31H2. The van der Waals surface area contributed by atoms with Gasteiger partial charge in [-0.2, -0.15) is 0 Å². The number of rotatable bonds is 4. The van der Waals surface area contributed by atoms with Crippen molar-refractivity contribution in [2.24, 2.45) is 29.6 Å². The summed E-state index contributed by atoms with van der Waals surface area (Å²) in [6.07, 6.45) is 7.32. The molecule has 286 valence electrons. The van der Waals surface area contributed by atoms with E-state index in [1.807, 2.05) is 12.1 Å². The number of fused-ring (bicyclic) bond motifs is 10. The van der Waals surface area contributed by atoms with E-state index in [-0.39, 0.29) is 0 Å². The van der Waals surface area contributed by atoms with Crippen LogP contribution in [0.5, 0.6) is 0 Å². The van der Waals surface area contributed by atoms with Gasteiger partial charge >= 0.3 is 0 Å². The minimum Gasteiger partial charge on any atom is -0.456 e. The first kappa shape index (κ1) is 33.4. The molecule has 9 aromatic carbocycles. The lowest BCUT2D eigenvalue weighted by Gasteiger charge is -2.56. The van der Waals surface area contributed by atoms with E-state index in [4.69, 9.17) is 4.42 Å². The van der Waals surface area contributed by atoms with Gasteiger partial charge in [0.25, 0.3) is 0 Å². The van der Waals surface area contributed by atoms with Gasteiger partial charge in [0.05, 0.1) is 0 Å². The van der Waals surface area contributed by atoms with E-state index < -0.39 is 0 Å². The minimum atomic E-state index is 0.489. The number of furan rings is 1. The fraction of sp³-hybridized carbons (Fsp3) is 0.186. The number of hydrogen-bond acceptors (Lipinski definition) is 1. The third kappa shape index (κ3) is 4.75. The van der Waals surface area contributed by atoms with E-state index >= 15 is 0 Å². The molecule has 5 aliphatic carbocycles. The normalized spacial score (nSPS) is 22.7. The highest BCUT2D eigenvalue weighted by atomic mass is 16.3. The van der Waals surface area contributed by atoms with E-state index in [0.29, 0.717) is 5.92 Å². The van der Waals surface area contributed by atoms with Crippen LogP contribution in [0.2, 0.25) is 0 Å². The van der Waals surface area contributed by atoms with Crippen molar-refractivity contribution < 1.29 is 4.42 Å². The van der Waals surface area contributed by atoms with Crippen LogP contribution in [0.4, 0.5) is 0 Å². The second kappa shape index (κ2) is 12.5. The predicted molar refractivity (Wildman–Crippen MR) is 250 cm³/mol. The van der Waals surface area contributed by atoms with Crippen molar-refractivity contribution >= 4 is 54.3 Å². The quantitative estimate of drug-likeness (QED) is 0.163. The molecule has 1 atom stereocenters. The van der Waals surface area contributed by atoms with Gasteiger partial charge in [0.1, 0.15) is 11.2 Å². The third-order valence-electron chi connectivity index (χ3n) is 15.7. The Kier molecular flexibility index (Phi) is 6.98. The first-order valence-electron chi connectivity index (χ1n) is 22.3. The Bertz CT molecular complexity index is 3310. The highest BCUT2D eigenvalue weighted by Gasteiger charge is 2.52. The van der Waals surface area contributed by atoms with E-state index in [2.05, 4.69) is 158 Å². The summed E-state index contributed by atoms with van der Waals surface area (Å²) >= 11 is 0. The molecule has 1 nitrogen and oxygen atoms in total. The summed E-state index contributed by atoms with van der Waals surface area (Å²) in [6, 6.07) is 64.0. The van der Waals surface area contributed by atoms with Crippen molar-refractivity contribution in [2.45, 2.75) is 38.0 Å². The van der Waals surface area contributed by atoms with Crippen LogP contribution in [0, 0.1) is 29.6 Å². The van der Waals surface area contributed by atoms with Crippen molar-refractivity contribution in [1.29, 1.82) is 0 Å². The average Bonchev–Trinajstić information content (AvgIpc) is 3.83. The van der Waals surface area contributed by atoms with Crippen molar-refractivity contribution in [3.05, 3.63) is 181 Å². The molecule has 0 amide bonds. The average molecular weight is 769 g/mol. The van der Waals surface area contributed by atoms with Crippen LogP contribution >= 0.6 is 0 Å². The summed E-state index contributed by atoms with van der Waals surface area (Å²) in [4.78, 5) is 0. The molecule has 1 heteroatoms. The van der Waals surface area contributed by atoms with Gasteiger partial charge in [0, 0.05) is 16.7 Å². The van der Waals surface area contributed by atoms with Crippen LogP contribution in [0.15, 0.2) is 174 Å². The number of hydrogen-bond donors (Lipinski definition) is 0. The molecule has 0 spiro atoms. The Morgan fingerprint density at radius 2 is 0.883 bits per heavy atom. The molecule has 4 saturated carbocycles. The SMILES string of the molecule is c1ccc2c3c(ccc2c1)C(C1C2CC4CC(C2)CC1C4)c1ccc(-c2c4ccccc4c(-c4ccc(-c5ccc6c(c5)oc5ccccc56)cc4)c4ccccc24)cc1-3. The van der Waals surface area contributed by atoms with Crippen LogP contribution in [0.3, 0.4) is 0 Å². The maximum Gasteiger partial charge on any atom is 0.136 e. The van der Waals surface area contributed by atoms with Gasteiger partial charge in [-0.05, 0) is 174 Å². The maximum atomic E-state index is 6.27. The molecule has 1 unspecified atom stereocenters. The topological polar surface area (TPSA) is 13.1 Å². The monoisotopic (exact) mass is 768 g/mol. The van der Waals surface area contributed by atoms with Crippen LogP contribution in [-0.4, -0.2) is 0 Å². The molecular weight excluding hydrogens is 725 g/mol. The zero-order valence-electron chi connectivity index (χ0n) is 33.6. The molecule has 0 saturated heterocycles. The van der Waals surface area contributed by atoms with E-state index in [0.717, 1.165) is 57.1 Å². The molecule has 1 aromatic heterocycles. The van der Waals surface area contributed by atoms with Gasteiger partial charge in [-0.15, -0.1) is 0 Å². The van der Waals surface area contributed by atoms with Crippen LogP contribution in [0.1, 0.15) is 49.1 Å². The Balaban J connectivity index is 0.924. The van der Waals surface area contributed by atoms with Crippen LogP contribution in [-0.2, 0) is 0 Å². The second-order valence-electron chi connectivity index (χ2n) is 18.8. The largest absolute Gasteiger partial charge is 0.456 e. The van der Waals surface area contributed by atoms with Gasteiger partial charge < -0.3 is 4.42 Å². The summed E-state index contributed by atoms with van der Waals surface area (Å²) in [7, 11) is 0. The van der Waals surface area contributed by atoms with Crippen molar-refractivity contribution in [1.82, 2.24) is 0 Å². The molecule has 1 heterocycles. The van der Waals surface area contributed by atoms with Gasteiger partial charge in [-0.1, -0.05) is 146 Å². The summed E-state index contributed by atoms with van der Waals surface area (Å²) in [5.41, 5.74) is 15.5. The lowest BCUT2D eigenvalue weighted by molar-refractivity contribution is -0.0424. The summed E-state index contributed by atoms with van der Waals surface area (Å²) < 4.78 is 6.27. The molecule has 15 rings (SSSR count). The molecule has 5 aliphatic rings. The first-order valence-corrected chi connectivity index (χ1v) is 22.3. The fourth-order valence-corrected chi connectivity index (χ4v) is 13.6. The summed E-state index contributed by atoms with van der Waals surface area (Å²) in [5.74, 6) is 4.93. The lowest BCUT2D eigenvalue weighted by Crippen LogP contribution is -2.47. The molecule has 4 fully saturated rings. The molecule has 0 aliphatic heterocycles. The fourth-order valence-electron chi connectivity index (χ4n) is 13.6. The molecule has 4 bridgehead atoms. The first-order chi connectivity index (χ1) is 29.7. The maximum absolute atomic E-state index is 6.27. The van der Waals surface area contributed by atoms with Crippen molar-refractivity contribution in [2.75, 3.05) is 0 Å². The van der Waals surface area contributed by atoms with Gasteiger partial charge in [-0.25, -0.2) is 0 Å². The van der Waals surface area contributed by atoms with Crippen molar-refractivity contribution in [3.8, 4) is 44.5 Å². The molecule has 10 aromatic rings. The molecule has 60 heavy (non-hydrogen) atoms. The summed E-state index contributed by atoms with van der Waals surface area (Å²) in [6.45, 7) is 0. The van der Waals surface area contributed by atoms with Crippen LogP contribution < -0.4 is 0 Å². The van der Waals surface area contributed by atoms with Gasteiger partial charge in [0.15, 0.2) is 0 Å². The van der Waals surface area contributed by atoms with Crippen molar-refractivity contribution in [3.63, 3.8) is 0 Å². The zero-order chi connectivity index (χ0) is 39.1. The second-order valence-corrected chi connectivity index (χ2v) is 18.8. The molecule has 0 N–H and O–H groups in total. The Hall–Kier alpha value is -6.44. The van der Waals surface area contributed by atoms with E-state index in [9.17, 15) is 0 Å². The van der Waals surface area contributed by atoms with Gasteiger partial charge in [-0.3, -0.25) is 0 Å².